The minimum atomic E-state index is -1.05. The zero-order valence-corrected chi connectivity index (χ0v) is 16.3. The number of aromatic carboxylic acids is 1. The molecule has 30 heavy (non-hydrogen) atoms. The van der Waals surface area contributed by atoms with Crippen LogP contribution < -0.4 is 5.32 Å². The van der Waals surface area contributed by atoms with Crippen molar-refractivity contribution in [2.75, 3.05) is 0 Å². The average Bonchev–Trinajstić information content (AvgIpc) is 3.37. The third-order valence-corrected chi connectivity index (χ3v) is 5.49. The van der Waals surface area contributed by atoms with Crippen molar-refractivity contribution >= 4 is 29.9 Å². The molecule has 4 rings (SSSR count). The highest BCUT2D eigenvalue weighted by Gasteiger charge is 2.40. The van der Waals surface area contributed by atoms with Gasteiger partial charge in [-0.2, -0.15) is 0 Å². The molecule has 0 spiro atoms. The van der Waals surface area contributed by atoms with Gasteiger partial charge in [0.2, 0.25) is 0 Å². The summed E-state index contributed by atoms with van der Waals surface area (Å²) in [6.45, 7) is 1.82. The van der Waals surface area contributed by atoms with Crippen LogP contribution in [-0.2, 0) is 9.59 Å². The number of amides is 4. The topological polar surface area (TPSA) is 117 Å². The Morgan fingerprint density at radius 1 is 1.17 bits per heavy atom. The zero-order valence-electron chi connectivity index (χ0n) is 16.3. The van der Waals surface area contributed by atoms with Crippen molar-refractivity contribution in [3.05, 3.63) is 52.8 Å². The molecule has 0 bridgehead atoms. The standard InChI is InChI=1S/C22H20N2O6/c1-12-6-7-13(21(27)28)10-16(12)18-9-8-15(30-18)11-17-19(25)23-22(29)24(20(17)26)14-4-2-3-5-14/h6-11,14H,2-5H2,1H3,(H,27,28)(H,23,25,29)/b17-11+. The Morgan fingerprint density at radius 2 is 1.90 bits per heavy atom. The first-order valence-electron chi connectivity index (χ1n) is 9.70. The first-order valence-corrected chi connectivity index (χ1v) is 9.70. The van der Waals surface area contributed by atoms with Crippen LogP contribution in [0.3, 0.4) is 0 Å². The van der Waals surface area contributed by atoms with Gasteiger partial charge < -0.3 is 9.52 Å². The van der Waals surface area contributed by atoms with E-state index in [9.17, 15) is 24.3 Å². The van der Waals surface area contributed by atoms with Crippen LogP contribution in [0.15, 0.2) is 40.3 Å². The minimum absolute atomic E-state index is 0.124. The molecule has 0 unspecified atom stereocenters. The molecule has 2 N–H and O–H groups in total. The number of carbonyl (C=O) groups is 4. The lowest BCUT2D eigenvalue weighted by Gasteiger charge is -2.30. The number of aryl methyl sites for hydroxylation is 1. The summed E-state index contributed by atoms with van der Waals surface area (Å²) >= 11 is 0. The van der Waals surface area contributed by atoms with Crippen LogP contribution in [0.4, 0.5) is 4.79 Å². The maximum Gasteiger partial charge on any atom is 0.335 e. The Hall–Kier alpha value is -3.68. The highest BCUT2D eigenvalue weighted by Crippen LogP contribution is 2.30. The van der Waals surface area contributed by atoms with Crippen LogP contribution >= 0.6 is 0 Å². The number of hydrogen-bond acceptors (Lipinski definition) is 5. The predicted octanol–water partition coefficient (Wildman–Crippen LogP) is 3.36. The Bertz CT molecular complexity index is 1090. The number of carboxylic acid groups (broad SMARTS) is 1. The molecule has 8 nitrogen and oxygen atoms in total. The summed E-state index contributed by atoms with van der Waals surface area (Å²) in [6, 6.07) is 7.04. The highest BCUT2D eigenvalue weighted by molar-refractivity contribution is 6.31. The molecule has 2 aliphatic rings. The molecule has 1 aliphatic heterocycles. The first-order chi connectivity index (χ1) is 14.3. The number of nitrogens with one attached hydrogen (secondary N) is 1. The van der Waals surface area contributed by atoms with Crippen molar-refractivity contribution in [3.8, 4) is 11.3 Å². The van der Waals surface area contributed by atoms with E-state index in [0.717, 1.165) is 36.1 Å². The molecule has 154 valence electrons. The van der Waals surface area contributed by atoms with Gasteiger partial charge in [0, 0.05) is 11.6 Å². The van der Waals surface area contributed by atoms with Crippen LogP contribution in [0.2, 0.25) is 0 Å². The summed E-state index contributed by atoms with van der Waals surface area (Å²) in [5.74, 6) is -1.77. The maximum atomic E-state index is 12.9. The van der Waals surface area contributed by atoms with E-state index in [4.69, 9.17) is 4.42 Å². The van der Waals surface area contributed by atoms with E-state index in [2.05, 4.69) is 5.32 Å². The summed E-state index contributed by atoms with van der Waals surface area (Å²) < 4.78 is 5.77. The Kier molecular flexibility index (Phi) is 4.99. The summed E-state index contributed by atoms with van der Waals surface area (Å²) in [4.78, 5) is 49.7. The Morgan fingerprint density at radius 3 is 2.60 bits per heavy atom. The fourth-order valence-electron chi connectivity index (χ4n) is 3.90. The quantitative estimate of drug-likeness (QED) is 0.592. The van der Waals surface area contributed by atoms with Gasteiger partial charge in [0.05, 0.1) is 5.56 Å². The summed E-state index contributed by atoms with van der Waals surface area (Å²) in [5, 5.41) is 11.4. The Balaban J connectivity index is 1.65. The molecule has 0 atom stereocenters. The van der Waals surface area contributed by atoms with Crippen LogP contribution in [0, 0.1) is 6.92 Å². The van der Waals surface area contributed by atoms with E-state index < -0.39 is 23.8 Å². The maximum absolute atomic E-state index is 12.9. The molecule has 1 saturated heterocycles. The van der Waals surface area contributed by atoms with Crippen molar-refractivity contribution in [2.45, 2.75) is 38.6 Å². The third kappa shape index (κ3) is 3.52. The average molecular weight is 408 g/mol. The minimum Gasteiger partial charge on any atom is -0.478 e. The van der Waals surface area contributed by atoms with Gasteiger partial charge in [-0.3, -0.25) is 19.8 Å². The van der Waals surface area contributed by atoms with Gasteiger partial charge in [-0.1, -0.05) is 18.9 Å². The largest absolute Gasteiger partial charge is 0.478 e. The monoisotopic (exact) mass is 408 g/mol. The van der Waals surface area contributed by atoms with Gasteiger partial charge in [-0.25, -0.2) is 9.59 Å². The van der Waals surface area contributed by atoms with Crippen molar-refractivity contribution in [3.63, 3.8) is 0 Å². The van der Waals surface area contributed by atoms with Gasteiger partial charge in [0.25, 0.3) is 11.8 Å². The number of carboxylic acids is 1. The fraction of sp³-hybridized carbons (Fsp3) is 0.273. The predicted molar refractivity (Wildman–Crippen MR) is 106 cm³/mol. The van der Waals surface area contributed by atoms with Gasteiger partial charge in [-0.15, -0.1) is 0 Å². The third-order valence-electron chi connectivity index (χ3n) is 5.49. The number of rotatable bonds is 4. The molecular formula is C22H20N2O6. The number of barbiturate groups is 1. The van der Waals surface area contributed by atoms with Crippen molar-refractivity contribution in [1.82, 2.24) is 10.2 Å². The number of hydrogen-bond donors (Lipinski definition) is 2. The van der Waals surface area contributed by atoms with Crippen molar-refractivity contribution in [2.24, 2.45) is 0 Å². The van der Waals surface area contributed by atoms with E-state index in [0.29, 0.717) is 11.3 Å². The lowest BCUT2D eigenvalue weighted by molar-refractivity contribution is -0.131. The number of urea groups is 1. The summed E-state index contributed by atoms with van der Waals surface area (Å²) in [7, 11) is 0. The lowest BCUT2D eigenvalue weighted by atomic mass is 10.0. The van der Waals surface area contributed by atoms with E-state index in [1.54, 1.807) is 18.2 Å². The number of carbonyl (C=O) groups excluding carboxylic acids is 3. The summed E-state index contributed by atoms with van der Waals surface area (Å²) in [6.07, 6.45) is 4.64. The fourth-order valence-corrected chi connectivity index (χ4v) is 3.90. The van der Waals surface area contributed by atoms with E-state index in [1.165, 1.54) is 18.2 Å². The van der Waals surface area contributed by atoms with E-state index >= 15 is 0 Å². The van der Waals surface area contributed by atoms with Gasteiger partial charge in [-0.05, 0) is 55.7 Å². The van der Waals surface area contributed by atoms with Crippen molar-refractivity contribution < 1.29 is 28.7 Å². The molecule has 1 saturated carbocycles. The molecule has 1 aliphatic carbocycles. The lowest BCUT2D eigenvalue weighted by Crippen LogP contribution is -2.57. The second-order valence-electron chi connectivity index (χ2n) is 7.47. The number of furan rings is 1. The van der Waals surface area contributed by atoms with E-state index in [-0.39, 0.29) is 22.9 Å². The molecule has 2 aromatic rings. The van der Waals surface area contributed by atoms with Crippen LogP contribution in [0.1, 0.15) is 47.4 Å². The second kappa shape index (κ2) is 7.62. The van der Waals surface area contributed by atoms with Gasteiger partial charge >= 0.3 is 12.0 Å². The molecule has 2 heterocycles. The normalized spacial score (nSPS) is 18.9. The molecule has 1 aromatic heterocycles. The highest BCUT2D eigenvalue weighted by atomic mass is 16.4. The molecular weight excluding hydrogens is 388 g/mol. The molecule has 4 amide bonds. The van der Waals surface area contributed by atoms with Crippen LogP contribution in [-0.4, -0.2) is 39.9 Å². The molecule has 0 radical (unpaired) electrons. The van der Waals surface area contributed by atoms with Crippen molar-refractivity contribution in [1.29, 1.82) is 0 Å². The SMILES string of the molecule is Cc1ccc(C(=O)O)cc1-c1ccc(/C=C2\C(=O)NC(=O)N(C3CCCC3)C2=O)o1. The molecule has 8 heteroatoms. The van der Waals surface area contributed by atoms with Crippen LogP contribution in [0.25, 0.3) is 17.4 Å². The Labute approximate surface area is 172 Å². The van der Waals surface area contributed by atoms with Gasteiger partial charge in [0.15, 0.2) is 0 Å². The molecule has 2 fully saturated rings. The van der Waals surface area contributed by atoms with E-state index in [1.807, 2.05) is 6.92 Å². The smallest absolute Gasteiger partial charge is 0.335 e. The number of benzene rings is 1. The number of nitrogens with zero attached hydrogens (tertiary/aromatic N) is 1. The second-order valence-corrected chi connectivity index (χ2v) is 7.47. The van der Waals surface area contributed by atoms with Crippen LogP contribution in [0.5, 0.6) is 0 Å². The zero-order chi connectivity index (χ0) is 21.4. The summed E-state index contributed by atoms with van der Waals surface area (Å²) in [5.41, 5.74) is 1.37. The first kappa shape index (κ1) is 19.6. The number of imide groups is 2. The van der Waals surface area contributed by atoms with Gasteiger partial charge in [0.1, 0.15) is 17.1 Å². The molecule has 1 aromatic carbocycles.